The van der Waals surface area contributed by atoms with Crippen LogP contribution in [0.2, 0.25) is 0 Å². The number of hydrogen-bond acceptors (Lipinski definition) is 4. The Morgan fingerprint density at radius 1 is 1.13 bits per heavy atom. The topological polar surface area (TPSA) is 59.3 Å². The van der Waals surface area contributed by atoms with Crippen LogP contribution >= 0.6 is 0 Å². The number of halogens is 1. The van der Waals surface area contributed by atoms with Gasteiger partial charge in [-0.2, -0.15) is 0 Å². The molecule has 0 fully saturated rings. The molecule has 0 bridgehead atoms. The molecule has 2 rings (SSSR count). The van der Waals surface area contributed by atoms with Crippen molar-refractivity contribution in [3.8, 4) is 5.75 Å². The van der Waals surface area contributed by atoms with Crippen LogP contribution in [0.4, 0.5) is 4.39 Å². The lowest BCUT2D eigenvalue weighted by molar-refractivity contribution is 0.305. The molecule has 0 aliphatic carbocycles. The van der Waals surface area contributed by atoms with Gasteiger partial charge in [0, 0.05) is 25.8 Å². The fraction of sp³-hybridized carbons (Fsp3) is 0.333. The normalized spacial score (nSPS) is 12.1. The van der Waals surface area contributed by atoms with E-state index in [-0.39, 0.29) is 5.82 Å². The fourth-order valence-electron chi connectivity index (χ4n) is 2.08. The van der Waals surface area contributed by atoms with E-state index in [4.69, 9.17) is 10.5 Å². The van der Waals surface area contributed by atoms with Gasteiger partial charge in [0.15, 0.2) is 0 Å². The average Bonchev–Trinajstić information content (AvgIpc) is 2.57. The Labute approximate surface area is 136 Å². The van der Waals surface area contributed by atoms with Gasteiger partial charge >= 0.3 is 0 Å². The van der Waals surface area contributed by atoms with E-state index in [1.54, 1.807) is 6.07 Å². The van der Waals surface area contributed by atoms with E-state index in [0.29, 0.717) is 25.9 Å². The maximum atomic E-state index is 13.1. The predicted molar refractivity (Wildman–Crippen MR) is 90.5 cm³/mol. The zero-order valence-corrected chi connectivity index (χ0v) is 13.4. The van der Waals surface area contributed by atoms with E-state index in [2.05, 4.69) is 10.6 Å². The molecule has 2 aromatic carbocycles. The molecule has 0 spiro atoms. The van der Waals surface area contributed by atoms with Crippen LogP contribution in [-0.2, 0) is 13.2 Å². The summed E-state index contributed by atoms with van der Waals surface area (Å²) in [7, 11) is 0. The first-order valence-corrected chi connectivity index (χ1v) is 7.77. The quantitative estimate of drug-likeness (QED) is 0.491. The molecule has 1 atom stereocenters. The van der Waals surface area contributed by atoms with Crippen LogP contribution in [-0.4, -0.2) is 19.3 Å². The van der Waals surface area contributed by atoms with Crippen molar-refractivity contribution in [2.45, 2.75) is 26.1 Å². The average molecular weight is 317 g/mol. The Kier molecular flexibility index (Phi) is 7.00. The molecule has 0 saturated carbocycles. The maximum Gasteiger partial charge on any atom is 0.123 e. The summed E-state index contributed by atoms with van der Waals surface area (Å²) in [4.78, 5) is 0. The van der Waals surface area contributed by atoms with Gasteiger partial charge in [0.2, 0.25) is 0 Å². The van der Waals surface area contributed by atoms with Gasteiger partial charge in [-0.3, -0.25) is 0 Å². The van der Waals surface area contributed by atoms with Gasteiger partial charge in [0.05, 0.1) is 0 Å². The minimum atomic E-state index is -0.247. The van der Waals surface area contributed by atoms with E-state index < -0.39 is 0 Å². The van der Waals surface area contributed by atoms with Gasteiger partial charge in [-0.15, -0.1) is 0 Å². The molecular weight excluding hydrogens is 293 g/mol. The van der Waals surface area contributed by atoms with E-state index >= 15 is 0 Å². The molecule has 0 heterocycles. The van der Waals surface area contributed by atoms with Gasteiger partial charge in [-0.25, -0.2) is 4.39 Å². The van der Waals surface area contributed by atoms with E-state index in [9.17, 15) is 4.39 Å². The number of nitrogens with two attached hydrogens (primary N) is 1. The molecule has 0 amide bonds. The molecule has 1 unspecified atom stereocenters. The summed E-state index contributed by atoms with van der Waals surface area (Å²) in [6.07, 6.45) is 0. The van der Waals surface area contributed by atoms with Crippen molar-refractivity contribution in [2.24, 2.45) is 5.73 Å². The van der Waals surface area contributed by atoms with Gasteiger partial charge in [0.1, 0.15) is 18.2 Å². The number of hydrogen-bond donors (Lipinski definition) is 3. The lowest BCUT2D eigenvalue weighted by atomic mass is 10.2. The first kappa shape index (κ1) is 17.4. The molecule has 0 aromatic heterocycles. The Hall–Kier alpha value is -1.95. The summed E-state index contributed by atoms with van der Waals surface area (Å²) in [6, 6.07) is 14.6. The zero-order valence-electron chi connectivity index (χ0n) is 13.4. The van der Waals surface area contributed by atoms with Gasteiger partial charge in [-0.05, 0) is 42.3 Å². The van der Waals surface area contributed by atoms with Gasteiger partial charge < -0.3 is 21.1 Å². The van der Waals surface area contributed by atoms with Gasteiger partial charge in [-0.1, -0.05) is 24.3 Å². The maximum absolute atomic E-state index is 13.1. The van der Waals surface area contributed by atoms with Crippen molar-refractivity contribution in [1.29, 1.82) is 0 Å². The molecule has 4 nitrogen and oxygen atoms in total. The molecule has 124 valence electrons. The van der Waals surface area contributed by atoms with E-state index in [1.165, 1.54) is 12.1 Å². The second-order valence-electron chi connectivity index (χ2n) is 5.51. The lowest BCUT2D eigenvalue weighted by Gasteiger charge is -2.12. The minimum absolute atomic E-state index is 0.247. The highest BCUT2D eigenvalue weighted by Gasteiger charge is 2.00. The predicted octanol–water partition coefficient (Wildman–Crippen LogP) is 2.39. The minimum Gasteiger partial charge on any atom is -0.489 e. The highest BCUT2D eigenvalue weighted by atomic mass is 19.1. The first-order chi connectivity index (χ1) is 11.2. The summed E-state index contributed by atoms with van der Waals surface area (Å²) in [6.45, 7) is 4.45. The molecule has 0 radical (unpaired) electrons. The van der Waals surface area contributed by atoms with Crippen LogP contribution in [0, 0.1) is 5.82 Å². The summed E-state index contributed by atoms with van der Waals surface area (Å²) in [5, 5.41) is 6.57. The van der Waals surface area contributed by atoms with Gasteiger partial charge in [0.25, 0.3) is 0 Å². The summed E-state index contributed by atoms with van der Waals surface area (Å²) >= 11 is 0. The molecule has 0 aliphatic heterocycles. The highest BCUT2D eigenvalue weighted by molar-refractivity contribution is 5.29. The smallest absolute Gasteiger partial charge is 0.123 e. The Morgan fingerprint density at radius 2 is 1.91 bits per heavy atom. The van der Waals surface area contributed by atoms with Crippen molar-refractivity contribution in [3.63, 3.8) is 0 Å². The third-order valence-corrected chi connectivity index (χ3v) is 3.45. The Morgan fingerprint density at radius 3 is 2.70 bits per heavy atom. The molecule has 0 aliphatic rings. The lowest BCUT2D eigenvalue weighted by Crippen LogP contribution is -2.39. The van der Waals surface area contributed by atoms with Crippen molar-refractivity contribution in [3.05, 3.63) is 65.5 Å². The van der Waals surface area contributed by atoms with E-state index in [0.717, 1.165) is 23.4 Å². The van der Waals surface area contributed by atoms with Crippen LogP contribution in [0.15, 0.2) is 48.5 Å². The van der Waals surface area contributed by atoms with Crippen LogP contribution in [0.25, 0.3) is 0 Å². The number of rotatable bonds is 9. The fourth-order valence-corrected chi connectivity index (χ4v) is 2.08. The number of ether oxygens (including phenoxy) is 1. The second kappa shape index (κ2) is 9.25. The number of nitrogens with one attached hydrogen (secondary N) is 2. The van der Waals surface area contributed by atoms with Crippen LogP contribution in [0.3, 0.4) is 0 Å². The Bertz CT molecular complexity index is 606. The molecule has 0 saturated heterocycles. The third kappa shape index (κ3) is 6.36. The van der Waals surface area contributed by atoms with Crippen LogP contribution in [0.1, 0.15) is 18.1 Å². The standard InChI is InChI=1S/C18H24FN3O/c1-14(10-20)22-13-21-11-15-4-3-7-18(9-15)23-12-16-5-2-6-17(19)8-16/h2-9,14,21-22H,10-13,20H2,1H3. The molecule has 2 aromatic rings. The van der Waals surface area contributed by atoms with Crippen LogP contribution in [0.5, 0.6) is 5.75 Å². The SMILES string of the molecule is CC(CN)NCNCc1cccc(OCc2cccc(F)c2)c1. The monoisotopic (exact) mass is 317 g/mol. The third-order valence-electron chi connectivity index (χ3n) is 3.45. The first-order valence-electron chi connectivity index (χ1n) is 7.77. The van der Waals surface area contributed by atoms with Crippen molar-refractivity contribution < 1.29 is 9.13 Å². The second-order valence-corrected chi connectivity index (χ2v) is 5.51. The largest absolute Gasteiger partial charge is 0.489 e. The molecular formula is C18H24FN3O. The molecule has 4 N–H and O–H groups in total. The Balaban J connectivity index is 1.80. The van der Waals surface area contributed by atoms with Crippen molar-refractivity contribution in [2.75, 3.05) is 13.2 Å². The van der Waals surface area contributed by atoms with Crippen molar-refractivity contribution in [1.82, 2.24) is 10.6 Å². The summed E-state index contributed by atoms with van der Waals surface area (Å²) in [5.41, 5.74) is 7.49. The zero-order chi connectivity index (χ0) is 16.5. The summed E-state index contributed by atoms with van der Waals surface area (Å²) < 4.78 is 18.9. The summed E-state index contributed by atoms with van der Waals surface area (Å²) in [5.74, 6) is 0.528. The highest BCUT2D eigenvalue weighted by Crippen LogP contribution is 2.15. The molecule has 23 heavy (non-hydrogen) atoms. The van der Waals surface area contributed by atoms with E-state index in [1.807, 2.05) is 37.3 Å². The van der Waals surface area contributed by atoms with Crippen molar-refractivity contribution >= 4 is 0 Å². The van der Waals surface area contributed by atoms with Crippen LogP contribution < -0.4 is 21.1 Å². The number of benzene rings is 2. The molecule has 5 heteroatoms.